The van der Waals surface area contributed by atoms with Gasteiger partial charge in [0.2, 0.25) is 5.91 Å². The van der Waals surface area contributed by atoms with Crippen molar-refractivity contribution < 1.29 is 15.0 Å². The van der Waals surface area contributed by atoms with Crippen molar-refractivity contribution >= 4 is 5.91 Å². The normalized spacial score (nSPS) is 45.5. The van der Waals surface area contributed by atoms with E-state index in [0.29, 0.717) is 35.0 Å². The Hall–Kier alpha value is -1.31. The molecule has 0 spiro atoms. The smallest absolute Gasteiger partial charge is 0.244 e. The van der Waals surface area contributed by atoms with Gasteiger partial charge in [0, 0.05) is 0 Å². The summed E-state index contributed by atoms with van der Waals surface area (Å²) < 4.78 is 0. The summed E-state index contributed by atoms with van der Waals surface area (Å²) in [5.41, 5.74) is 0.296. The van der Waals surface area contributed by atoms with E-state index in [1.165, 1.54) is 25.7 Å². The van der Waals surface area contributed by atoms with Crippen LogP contribution in [0.3, 0.4) is 0 Å². The molecule has 4 rings (SSSR count). The zero-order valence-electron chi connectivity index (χ0n) is 20.9. The predicted molar refractivity (Wildman–Crippen MR) is 132 cm³/mol. The number of terminal acetylenes is 1. The Balaban J connectivity index is 1.42. The number of carbonyl (C=O) groups is 1. The molecule has 10 unspecified atom stereocenters. The van der Waals surface area contributed by atoms with E-state index in [4.69, 9.17) is 6.42 Å². The molecule has 0 bridgehead atoms. The van der Waals surface area contributed by atoms with Crippen molar-refractivity contribution in [2.24, 2.45) is 46.3 Å². The van der Waals surface area contributed by atoms with Crippen LogP contribution in [0.4, 0.5) is 0 Å². The lowest BCUT2D eigenvalue weighted by Gasteiger charge is -2.62. The summed E-state index contributed by atoms with van der Waals surface area (Å²) in [6, 6.07) is 0. The Morgan fingerprint density at radius 1 is 1.15 bits per heavy atom. The van der Waals surface area contributed by atoms with Crippen molar-refractivity contribution in [3.63, 3.8) is 0 Å². The van der Waals surface area contributed by atoms with E-state index in [-0.39, 0.29) is 30.1 Å². The molecule has 0 aromatic heterocycles. The van der Waals surface area contributed by atoms with Gasteiger partial charge < -0.3 is 15.5 Å². The molecule has 0 aliphatic heterocycles. The molecule has 0 aromatic rings. The SMILES string of the molecule is C#CCNC(=O)C=CCCC(C)C1CCC2C3CCC4CC(O)CCC4(C)C3CC(O)C12C. The average molecular weight is 456 g/mol. The number of allylic oxidation sites excluding steroid dienone is 1. The monoisotopic (exact) mass is 455 g/mol. The molecule has 3 N–H and O–H groups in total. The van der Waals surface area contributed by atoms with E-state index < -0.39 is 0 Å². The van der Waals surface area contributed by atoms with Gasteiger partial charge in [0.25, 0.3) is 0 Å². The molecule has 4 saturated carbocycles. The second-order valence-corrected chi connectivity index (χ2v) is 12.3. The van der Waals surface area contributed by atoms with Crippen LogP contribution >= 0.6 is 0 Å². The van der Waals surface area contributed by atoms with E-state index in [2.05, 4.69) is 32.0 Å². The Morgan fingerprint density at radius 3 is 2.70 bits per heavy atom. The molecule has 0 saturated heterocycles. The lowest BCUT2D eigenvalue weighted by Crippen LogP contribution is -2.58. The molecular formula is C29H45NO3. The number of carbonyl (C=O) groups excluding carboxylic acids is 1. The van der Waals surface area contributed by atoms with Gasteiger partial charge in [-0.2, -0.15) is 0 Å². The van der Waals surface area contributed by atoms with Crippen molar-refractivity contribution in [1.29, 1.82) is 0 Å². The minimum atomic E-state index is -0.230. The van der Waals surface area contributed by atoms with Gasteiger partial charge in [-0.15, -0.1) is 6.42 Å². The summed E-state index contributed by atoms with van der Waals surface area (Å²) in [6.45, 7) is 7.50. The highest BCUT2D eigenvalue weighted by Crippen LogP contribution is 2.68. The van der Waals surface area contributed by atoms with E-state index in [9.17, 15) is 15.0 Å². The molecule has 1 amide bonds. The molecule has 4 heteroatoms. The average Bonchev–Trinajstić information content (AvgIpc) is 3.15. The fourth-order valence-electron chi connectivity index (χ4n) is 9.11. The van der Waals surface area contributed by atoms with Crippen LogP contribution in [0.5, 0.6) is 0 Å². The second-order valence-electron chi connectivity index (χ2n) is 12.3. The minimum Gasteiger partial charge on any atom is -0.393 e. The standard InChI is InChI=1S/C29H45NO3/c1-5-16-30-27(33)9-7-6-8-19(2)23-12-13-24-22-11-10-20-17-21(31)14-15-28(20,3)25(22)18-26(32)29(23,24)4/h1,7,9,19-26,31-32H,6,8,10-18H2,2-4H3,(H,30,33). The quantitative estimate of drug-likeness (QED) is 0.402. The van der Waals surface area contributed by atoms with E-state index in [1.807, 2.05) is 6.08 Å². The predicted octanol–water partition coefficient (Wildman–Crippen LogP) is 4.70. The first-order valence-corrected chi connectivity index (χ1v) is 13.5. The van der Waals surface area contributed by atoms with E-state index >= 15 is 0 Å². The number of nitrogens with one attached hydrogen (secondary N) is 1. The maximum atomic E-state index is 11.7. The number of aliphatic hydroxyl groups is 2. The highest BCUT2D eigenvalue weighted by molar-refractivity contribution is 5.87. The van der Waals surface area contributed by atoms with Crippen LogP contribution in [0.1, 0.15) is 85.0 Å². The molecule has 0 radical (unpaired) electrons. The topological polar surface area (TPSA) is 69.6 Å². The largest absolute Gasteiger partial charge is 0.393 e. The van der Waals surface area contributed by atoms with Crippen molar-refractivity contribution in [1.82, 2.24) is 5.32 Å². The van der Waals surface area contributed by atoms with Gasteiger partial charge in [-0.1, -0.05) is 32.8 Å². The van der Waals surface area contributed by atoms with Crippen molar-refractivity contribution in [2.45, 2.75) is 97.2 Å². The molecule has 4 aliphatic carbocycles. The Bertz CT molecular complexity index is 786. The van der Waals surface area contributed by atoms with Crippen molar-refractivity contribution in [3.05, 3.63) is 12.2 Å². The number of rotatable bonds is 6. The molecule has 33 heavy (non-hydrogen) atoms. The molecule has 4 aliphatic rings. The van der Waals surface area contributed by atoms with Crippen LogP contribution < -0.4 is 5.32 Å². The van der Waals surface area contributed by atoms with Gasteiger partial charge >= 0.3 is 0 Å². The molecule has 10 atom stereocenters. The first-order chi connectivity index (χ1) is 15.7. The molecule has 0 aromatic carbocycles. The second kappa shape index (κ2) is 9.74. The van der Waals surface area contributed by atoms with Crippen molar-refractivity contribution in [3.8, 4) is 12.3 Å². The molecule has 4 nitrogen and oxygen atoms in total. The lowest BCUT2D eigenvalue weighted by atomic mass is 9.43. The zero-order chi connectivity index (χ0) is 23.8. The van der Waals surface area contributed by atoms with Crippen LogP contribution in [-0.2, 0) is 4.79 Å². The molecular weight excluding hydrogens is 410 g/mol. The summed E-state index contributed by atoms with van der Waals surface area (Å²) in [5.74, 6) is 5.94. The van der Waals surface area contributed by atoms with Gasteiger partial charge in [-0.25, -0.2) is 0 Å². The fourth-order valence-corrected chi connectivity index (χ4v) is 9.11. The van der Waals surface area contributed by atoms with Crippen LogP contribution in [0, 0.1) is 58.7 Å². The summed E-state index contributed by atoms with van der Waals surface area (Å²) >= 11 is 0. The summed E-state index contributed by atoms with van der Waals surface area (Å²) in [4.78, 5) is 11.7. The third kappa shape index (κ3) is 4.41. The number of aliphatic hydroxyl groups excluding tert-OH is 2. The van der Waals surface area contributed by atoms with Gasteiger partial charge in [0.1, 0.15) is 0 Å². The van der Waals surface area contributed by atoms with Crippen LogP contribution in [0.2, 0.25) is 0 Å². The fraction of sp³-hybridized carbons (Fsp3) is 0.828. The third-order valence-corrected chi connectivity index (χ3v) is 10.9. The minimum absolute atomic E-state index is 0.00580. The Morgan fingerprint density at radius 2 is 1.94 bits per heavy atom. The van der Waals surface area contributed by atoms with Crippen LogP contribution in [0.25, 0.3) is 0 Å². The Kier molecular flexibility index (Phi) is 7.32. The molecule has 184 valence electrons. The van der Waals surface area contributed by atoms with Gasteiger partial charge in [0.15, 0.2) is 0 Å². The summed E-state index contributed by atoms with van der Waals surface area (Å²) in [7, 11) is 0. The van der Waals surface area contributed by atoms with E-state index in [0.717, 1.165) is 44.4 Å². The summed E-state index contributed by atoms with van der Waals surface area (Å²) in [5, 5.41) is 24.6. The zero-order valence-corrected chi connectivity index (χ0v) is 20.9. The lowest BCUT2D eigenvalue weighted by molar-refractivity contribution is -0.174. The molecule has 4 fully saturated rings. The summed E-state index contributed by atoms with van der Waals surface area (Å²) in [6.07, 6.45) is 19.3. The third-order valence-electron chi connectivity index (χ3n) is 10.9. The highest BCUT2D eigenvalue weighted by Gasteiger charge is 2.63. The first-order valence-electron chi connectivity index (χ1n) is 13.5. The van der Waals surface area contributed by atoms with Crippen molar-refractivity contribution in [2.75, 3.05) is 6.54 Å². The van der Waals surface area contributed by atoms with Crippen LogP contribution in [-0.4, -0.2) is 34.9 Å². The molecule has 0 heterocycles. The Labute approximate surface area is 201 Å². The van der Waals surface area contributed by atoms with E-state index in [1.54, 1.807) is 6.08 Å². The van der Waals surface area contributed by atoms with Crippen LogP contribution in [0.15, 0.2) is 12.2 Å². The number of fused-ring (bicyclic) bond motifs is 5. The number of hydrogen-bond acceptors (Lipinski definition) is 3. The maximum Gasteiger partial charge on any atom is 0.244 e. The number of amides is 1. The van der Waals surface area contributed by atoms with Gasteiger partial charge in [-0.3, -0.25) is 4.79 Å². The first kappa shape index (κ1) is 24.8. The highest BCUT2D eigenvalue weighted by atomic mass is 16.3. The van der Waals surface area contributed by atoms with Gasteiger partial charge in [0.05, 0.1) is 18.8 Å². The number of hydrogen-bond donors (Lipinski definition) is 3. The van der Waals surface area contributed by atoms with Gasteiger partial charge in [-0.05, 0) is 117 Å². The maximum absolute atomic E-state index is 11.7.